The Kier molecular flexibility index (Phi) is 5.51. The summed E-state index contributed by atoms with van der Waals surface area (Å²) >= 11 is 0.990. The molecular weight excluding hydrogens is 421 g/mol. The zero-order valence-corrected chi connectivity index (χ0v) is 17.3. The number of ether oxygens (including phenoxy) is 1. The SMILES string of the molecule is Cc1nc(NC(=O)c2ccc(F)cc2)sc1C(=O)Oc1ccc2c(c1)CCC2C(N)=O. The van der Waals surface area contributed by atoms with Gasteiger partial charge in [-0.05, 0) is 67.3 Å². The first kappa shape index (κ1) is 20.7. The van der Waals surface area contributed by atoms with E-state index in [0.29, 0.717) is 24.3 Å². The molecule has 0 radical (unpaired) electrons. The van der Waals surface area contributed by atoms with Crippen molar-refractivity contribution < 1.29 is 23.5 Å². The minimum Gasteiger partial charge on any atom is -0.422 e. The number of thiazole rings is 1. The van der Waals surface area contributed by atoms with Gasteiger partial charge in [0.2, 0.25) is 5.91 Å². The van der Waals surface area contributed by atoms with Crippen LogP contribution in [-0.4, -0.2) is 22.8 Å². The molecule has 3 aromatic rings. The predicted octanol–water partition coefficient (Wildman–Crippen LogP) is 3.58. The number of fused-ring (bicyclic) bond motifs is 1. The average Bonchev–Trinajstić information content (AvgIpc) is 3.31. The van der Waals surface area contributed by atoms with E-state index in [9.17, 15) is 18.8 Å². The van der Waals surface area contributed by atoms with Crippen LogP contribution in [0.4, 0.5) is 9.52 Å². The highest BCUT2D eigenvalue weighted by Crippen LogP contribution is 2.35. The van der Waals surface area contributed by atoms with Crippen LogP contribution in [0.3, 0.4) is 0 Å². The number of benzene rings is 2. The predicted molar refractivity (Wildman–Crippen MR) is 113 cm³/mol. The highest BCUT2D eigenvalue weighted by molar-refractivity contribution is 7.17. The first-order chi connectivity index (χ1) is 14.8. The molecule has 1 aliphatic carbocycles. The third-order valence-corrected chi connectivity index (χ3v) is 6.11. The number of anilines is 1. The fourth-order valence-electron chi connectivity index (χ4n) is 3.52. The lowest BCUT2D eigenvalue weighted by Crippen LogP contribution is -2.19. The maximum Gasteiger partial charge on any atom is 0.355 e. The van der Waals surface area contributed by atoms with Gasteiger partial charge in [-0.25, -0.2) is 14.2 Å². The summed E-state index contributed by atoms with van der Waals surface area (Å²) < 4.78 is 18.5. The number of halogens is 1. The molecule has 2 amide bonds. The second-order valence-corrected chi connectivity index (χ2v) is 8.14. The van der Waals surface area contributed by atoms with E-state index in [1.165, 1.54) is 24.3 Å². The lowest BCUT2D eigenvalue weighted by Gasteiger charge is -2.08. The van der Waals surface area contributed by atoms with Crippen LogP contribution in [0.15, 0.2) is 42.5 Å². The van der Waals surface area contributed by atoms with Gasteiger partial charge >= 0.3 is 5.97 Å². The number of primary amides is 1. The Labute approximate surface area is 181 Å². The van der Waals surface area contributed by atoms with Crippen LogP contribution in [0, 0.1) is 12.7 Å². The molecule has 1 heterocycles. The molecule has 7 nitrogen and oxygen atoms in total. The van der Waals surface area contributed by atoms with E-state index < -0.39 is 17.7 Å². The van der Waals surface area contributed by atoms with Crippen LogP contribution in [0.1, 0.15) is 49.2 Å². The lowest BCUT2D eigenvalue weighted by molar-refractivity contribution is -0.119. The Morgan fingerprint density at radius 3 is 2.65 bits per heavy atom. The van der Waals surface area contributed by atoms with Crippen molar-refractivity contribution in [3.05, 3.63) is 75.5 Å². The quantitative estimate of drug-likeness (QED) is 0.466. The fraction of sp³-hybridized carbons (Fsp3) is 0.182. The second kappa shape index (κ2) is 8.27. The van der Waals surface area contributed by atoms with Gasteiger partial charge in [-0.15, -0.1) is 0 Å². The largest absolute Gasteiger partial charge is 0.422 e. The molecule has 1 unspecified atom stereocenters. The van der Waals surface area contributed by atoms with Crippen LogP contribution in [0.5, 0.6) is 5.75 Å². The van der Waals surface area contributed by atoms with Gasteiger partial charge in [-0.2, -0.15) is 0 Å². The number of amides is 2. The van der Waals surface area contributed by atoms with Crippen LogP contribution in [0.25, 0.3) is 0 Å². The number of nitrogens with zero attached hydrogens (tertiary/aromatic N) is 1. The van der Waals surface area contributed by atoms with Crippen LogP contribution in [-0.2, 0) is 11.2 Å². The zero-order valence-electron chi connectivity index (χ0n) is 16.5. The van der Waals surface area contributed by atoms with Crippen molar-refractivity contribution in [3.63, 3.8) is 0 Å². The first-order valence-corrected chi connectivity index (χ1v) is 10.3. The molecule has 9 heteroatoms. The van der Waals surface area contributed by atoms with Crippen LogP contribution < -0.4 is 15.8 Å². The standard InChI is InChI=1S/C22H18FN3O4S/c1-11-18(31-22(25-11)26-20(28)12-2-5-14(23)6-3-12)21(29)30-15-7-9-16-13(10-15)4-8-17(16)19(24)27/h2-3,5-7,9-10,17H,4,8H2,1H3,(H2,24,27)(H,25,26,28). The molecule has 1 aliphatic rings. The minimum atomic E-state index is -0.596. The Balaban J connectivity index is 1.46. The molecule has 4 rings (SSSR count). The number of aryl methyl sites for hydroxylation is 2. The Hall–Kier alpha value is -3.59. The molecule has 0 saturated carbocycles. The van der Waals surface area contributed by atoms with E-state index in [0.717, 1.165) is 22.5 Å². The van der Waals surface area contributed by atoms with Crippen LogP contribution in [0.2, 0.25) is 0 Å². The van der Waals surface area contributed by atoms with E-state index in [4.69, 9.17) is 10.5 Å². The van der Waals surface area contributed by atoms with Crippen molar-refractivity contribution in [2.45, 2.75) is 25.7 Å². The number of carbonyl (C=O) groups excluding carboxylic acids is 3. The molecule has 0 aliphatic heterocycles. The van der Waals surface area contributed by atoms with Crippen molar-refractivity contribution in [2.75, 3.05) is 5.32 Å². The molecule has 31 heavy (non-hydrogen) atoms. The van der Waals surface area contributed by atoms with Crippen LogP contribution >= 0.6 is 11.3 Å². The average molecular weight is 439 g/mol. The fourth-order valence-corrected chi connectivity index (χ4v) is 4.35. The number of esters is 1. The van der Waals surface area contributed by atoms with Gasteiger partial charge < -0.3 is 10.5 Å². The third-order valence-electron chi connectivity index (χ3n) is 5.06. The van der Waals surface area contributed by atoms with E-state index in [1.54, 1.807) is 25.1 Å². The van der Waals surface area contributed by atoms with Crippen molar-refractivity contribution in [3.8, 4) is 5.75 Å². The Morgan fingerprint density at radius 1 is 1.19 bits per heavy atom. The zero-order chi connectivity index (χ0) is 22.1. The number of carbonyl (C=O) groups is 3. The van der Waals surface area contributed by atoms with Gasteiger partial charge in [-0.1, -0.05) is 17.4 Å². The van der Waals surface area contributed by atoms with Crippen molar-refractivity contribution in [2.24, 2.45) is 5.73 Å². The van der Waals surface area contributed by atoms with Crippen molar-refractivity contribution in [1.82, 2.24) is 4.98 Å². The topological polar surface area (TPSA) is 111 Å². The summed E-state index contributed by atoms with van der Waals surface area (Å²) in [5.74, 6) is -1.81. The number of rotatable bonds is 5. The van der Waals surface area contributed by atoms with E-state index in [2.05, 4.69) is 10.3 Å². The van der Waals surface area contributed by atoms with E-state index in [1.807, 2.05) is 0 Å². The molecule has 1 aromatic heterocycles. The van der Waals surface area contributed by atoms with Gasteiger partial charge in [0.25, 0.3) is 5.91 Å². The molecule has 0 bridgehead atoms. The van der Waals surface area contributed by atoms with Gasteiger partial charge in [-0.3, -0.25) is 14.9 Å². The Morgan fingerprint density at radius 2 is 1.94 bits per heavy atom. The van der Waals surface area contributed by atoms with Gasteiger partial charge in [0.05, 0.1) is 11.6 Å². The van der Waals surface area contributed by atoms with Gasteiger partial charge in [0.15, 0.2) is 5.13 Å². The summed E-state index contributed by atoms with van der Waals surface area (Å²) in [6.45, 7) is 1.64. The molecule has 0 spiro atoms. The summed E-state index contributed by atoms with van der Waals surface area (Å²) in [4.78, 5) is 40.9. The monoisotopic (exact) mass is 439 g/mol. The molecule has 0 fully saturated rings. The molecule has 1 atom stereocenters. The molecule has 158 valence electrons. The van der Waals surface area contributed by atoms with Crippen molar-refractivity contribution in [1.29, 1.82) is 0 Å². The lowest BCUT2D eigenvalue weighted by atomic mass is 10.0. The van der Waals surface area contributed by atoms with E-state index >= 15 is 0 Å². The van der Waals surface area contributed by atoms with E-state index in [-0.39, 0.29) is 27.4 Å². The smallest absolute Gasteiger partial charge is 0.355 e. The molecule has 3 N–H and O–H groups in total. The first-order valence-electron chi connectivity index (χ1n) is 9.50. The number of nitrogens with two attached hydrogens (primary N) is 1. The van der Waals surface area contributed by atoms with Gasteiger partial charge in [0.1, 0.15) is 16.4 Å². The maximum atomic E-state index is 13.0. The maximum absolute atomic E-state index is 13.0. The number of aromatic nitrogens is 1. The molecular formula is C22H18FN3O4S. The number of hydrogen-bond acceptors (Lipinski definition) is 6. The number of nitrogens with one attached hydrogen (secondary N) is 1. The summed E-state index contributed by atoms with van der Waals surface area (Å²) in [7, 11) is 0. The molecule has 2 aromatic carbocycles. The highest BCUT2D eigenvalue weighted by atomic mass is 32.1. The summed E-state index contributed by atoms with van der Waals surface area (Å²) in [5, 5.41) is 2.83. The minimum absolute atomic E-state index is 0.233. The van der Waals surface area contributed by atoms with Gasteiger partial charge in [0, 0.05) is 5.56 Å². The third kappa shape index (κ3) is 4.31. The summed E-state index contributed by atoms with van der Waals surface area (Å²) in [6.07, 6.45) is 1.33. The highest BCUT2D eigenvalue weighted by Gasteiger charge is 2.27. The normalized spacial score (nSPS) is 14.7. The second-order valence-electron chi connectivity index (χ2n) is 7.14. The summed E-state index contributed by atoms with van der Waals surface area (Å²) in [5.41, 5.74) is 7.91. The number of hydrogen-bond donors (Lipinski definition) is 2. The van der Waals surface area contributed by atoms with Crippen molar-refractivity contribution >= 4 is 34.3 Å². The molecule has 0 saturated heterocycles. The Bertz CT molecular complexity index is 1190. The summed E-state index contributed by atoms with van der Waals surface area (Å²) in [6, 6.07) is 10.2.